The Morgan fingerprint density at radius 3 is 2.45 bits per heavy atom. The van der Waals surface area contributed by atoms with E-state index in [9.17, 15) is 27.6 Å². The van der Waals surface area contributed by atoms with Gasteiger partial charge in [-0.3, -0.25) is 14.4 Å². The molecule has 2 aliphatic heterocycles. The van der Waals surface area contributed by atoms with Gasteiger partial charge in [-0.05, 0) is 38.0 Å². The molecule has 6 nitrogen and oxygen atoms in total. The first-order chi connectivity index (χ1) is 13.7. The molecule has 0 aromatic heterocycles. The van der Waals surface area contributed by atoms with Gasteiger partial charge in [-0.1, -0.05) is 12.8 Å². The largest absolute Gasteiger partial charge is 0.391 e. The third-order valence-electron chi connectivity index (χ3n) is 6.39. The van der Waals surface area contributed by atoms with Crippen molar-refractivity contribution in [2.45, 2.75) is 57.5 Å². The fourth-order valence-corrected chi connectivity index (χ4v) is 4.65. The van der Waals surface area contributed by atoms with Crippen molar-refractivity contribution in [1.29, 1.82) is 0 Å². The van der Waals surface area contributed by atoms with E-state index in [1.165, 1.54) is 4.90 Å². The molecule has 2 heterocycles. The molecule has 0 spiro atoms. The fourth-order valence-electron chi connectivity index (χ4n) is 4.65. The quantitative estimate of drug-likeness (QED) is 0.706. The Labute approximate surface area is 169 Å². The lowest BCUT2D eigenvalue weighted by molar-refractivity contribution is -0.186. The summed E-state index contributed by atoms with van der Waals surface area (Å²) in [6.07, 6.45) is 0.478. The predicted octanol–water partition coefficient (Wildman–Crippen LogP) is 2.43. The van der Waals surface area contributed by atoms with Crippen LogP contribution in [0.15, 0.2) is 0 Å². The summed E-state index contributed by atoms with van der Waals surface area (Å²) in [6.45, 7) is 1.55. The SMILES string of the molecule is O=C1CCCCCN1CC(=O)N1CCN(CC2CCCC(C(F)(F)F)C2)C(=O)C1. The summed E-state index contributed by atoms with van der Waals surface area (Å²) in [4.78, 5) is 41.8. The molecule has 29 heavy (non-hydrogen) atoms. The second kappa shape index (κ2) is 9.34. The van der Waals surface area contributed by atoms with Crippen molar-refractivity contribution in [2.24, 2.45) is 11.8 Å². The van der Waals surface area contributed by atoms with Crippen LogP contribution in [0.4, 0.5) is 13.2 Å². The average molecular weight is 417 g/mol. The van der Waals surface area contributed by atoms with Crippen molar-refractivity contribution < 1.29 is 27.6 Å². The second-order valence-corrected chi connectivity index (χ2v) is 8.55. The molecule has 9 heteroatoms. The third kappa shape index (κ3) is 5.85. The maximum absolute atomic E-state index is 13.0. The van der Waals surface area contributed by atoms with E-state index in [0.717, 1.165) is 19.3 Å². The zero-order valence-electron chi connectivity index (χ0n) is 16.8. The molecule has 1 saturated carbocycles. The molecule has 164 valence electrons. The number of likely N-dealkylation sites (tertiary alicyclic amines) is 1. The first-order valence-corrected chi connectivity index (χ1v) is 10.6. The van der Waals surface area contributed by atoms with Gasteiger partial charge in [-0.2, -0.15) is 13.2 Å². The Balaban J connectivity index is 1.48. The maximum atomic E-state index is 13.0. The van der Waals surface area contributed by atoms with Crippen LogP contribution < -0.4 is 0 Å². The smallest absolute Gasteiger partial charge is 0.339 e. The number of nitrogens with zero attached hydrogens (tertiary/aromatic N) is 3. The Kier molecular flexibility index (Phi) is 7.05. The van der Waals surface area contributed by atoms with Crippen molar-refractivity contribution in [2.75, 3.05) is 39.3 Å². The van der Waals surface area contributed by atoms with Crippen LogP contribution in [0.25, 0.3) is 0 Å². The van der Waals surface area contributed by atoms with Crippen LogP contribution in [0.3, 0.4) is 0 Å². The van der Waals surface area contributed by atoms with Crippen LogP contribution >= 0.6 is 0 Å². The number of hydrogen-bond acceptors (Lipinski definition) is 3. The predicted molar refractivity (Wildman–Crippen MR) is 99.7 cm³/mol. The topological polar surface area (TPSA) is 60.9 Å². The molecule has 0 bridgehead atoms. The summed E-state index contributed by atoms with van der Waals surface area (Å²) in [6, 6.07) is 0. The number of piperazine rings is 1. The lowest BCUT2D eigenvalue weighted by atomic mass is 9.80. The van der Waals surface area contributed by atoms with Gasteiger partial charge in [-0.15, -0.1) is 0 Å². The van der Waals surface area contributed by atoms with Crippen LogP contribution in [-0.2, 0) is 14.4 Å². The third-order valence-corrected chi connectivity index (χ3v) is 6.39. The summed E-state index contributed by atoms with van der Waals surface area (Å²) in [5.74, 6) is -1.89. The highest BCUT2D eigenvalue weighted by molar-refractivity contribution is 5.89. The van der Waals surface area contributed by atoms with Crippen molar-refractivity contribution in [3.8, 4) is 0 Å². The number of alkyl halides is 3. The molecular weight excluding hydrogens is 387 g/mol. The second-order valence-electron chi connectivity index (χ2n) is 8.55. The molecule has 2 saturated heterocycles. The molecule has 0 radical (unpaired) electrons. The standard InChI is InChI=1S/C20H30F3N3O3/c21-20(22,23)16-6-4-5-15(11-16)12-25-9-10-26(14-18(25)28)19(29)13-24-8-3-1-2-7-17(24)27/h15-16H,1-14H2. The molecule has 0 N–H and O–H groups in total. The molecule has 3 fully saturated rings. The van der Waals surface area contributed by atoms with Crippen LogP contribution in [-0.4, -0.2) is 77.9 Å². The highest BCUT2D eigenvalue weighted by Gasteiger charge is 2.42. The molecule has 1 aliphatic carbocycles. The minimum atomic E-state index is -4.17. The summed E-state index contributed by atoms with van der Waals surface area (Å²) >= 11 is 0. The molecule has 2 unspecified atom stereocenters. The van der Waals surface area contributed by atoms with Crippen LogP contribution in [0, 0.1) is 11.8 Å². The van der Waals surface area contributed by atoms with Gasteiger partial charge in [0.05, 0.1) is 19.0 Å². The van der Waals surface area contributed by atoms with Crippen molar-refractivity contribution >= 4 is 17.7 Å². The number of carbonyl (C=O) groups excluding carboxylic acids is 3. The Morgan fingerprint density at radius 2 is 1.72 bits per heavy atom. The molecule has 3 rings (SSSR count). The van der Waals surface area contributed by atoms with Gasteiger partial charge in [0.1, 0.15) is 0 Å². The zero-order valence-corrected chi connectivity index (χ0v) is 16.8. The van der Waals surface area contributed by atoms with Crippen molar-refractivity contribution in [1.82, 2.24) is 14.7 Å². The number of amides is 3. The van der Waals surface area contributed by atoms with Gasteiger partial charge in [0.15, 0.2) is 0 Å². The minimum absolute atomic E-state index is 0.00199. The van der Waals surface area contributed by atoms with Gasteiger partial charge in [0.25, 0.3) is 0 Å². The zero-order chi connectivity index (χ0) is 21.0. The number of halogens is 3. The lowest BCUT2D eigenvalue weighted by Gasteiger charge is -2.39. The Bertz CT molecular complexity index is 626. The average Bonchev–Trinajstić information content (AvgIpc) is 2.87. The number of hydrogen-bond donors (Lipinski definition) is 0. The van der Waals surface area contributed by atoms with E-state index in [0.29, 0.717) is 45.4 Å². The monoisotopic (exact) mass is 417 g/mol. The van der Waals surface area contributed by atoms with Crippen LogP contribution in [0.5, 0.6) is 0 Å². The number of carbonyl (C=O) groups is 3. The summed E-state index contributed by atoms with van der Waals surface area (Å²) in [5, 5.41) is 0. The summed E-state index contributed by atoms with van der Waals surface area (Å²) < 4.78 is 39.0. The molecule has 3 amide bonds. The summed E-state index contributed by atoms with van der Waals surface area (Å²) in [5.41, 5.74) is 0. The minimum Gasteiger partial charge on any atom is -0.339 e. The van der Waals surface area contributed by atoms with E-state index in [2.05, 4.69) is 0 Å². The van der Waals surface area contributed by atoms with Gasteiger partial charge in [0, 0.05) is 32.6 Å². The lowest BCUT2D eigenvalue weighted by Crippen LogP contribution is -2.55. The van der Waals surface area contributed by atoms with E-state index in [1.807, 2.05) is 0 Å². The highest BCUT2D eigenvalue weighted by Crippen LogP contribution is 2.40. The Hall–Kier alpha value is -1.80. The first kappa shape index (κ1) is 21.9. The normalized spacial score (nSPS) is 27.2. The van der Waals surface area contributed by atoms with Gasteiger partial charge in [-0.25, -0.2) is 0 Å². The Morgan fingerprint density at radius 1 is 0.931 bits per heavy atom. The van der Waals surface area contributed by atoms with E-state index in [1.54, 1.807) is 9.80 Å². The van der Waals surface area contributed by atoms with E-state index in [4.69, 9.17) is 0 Å². The van der Waals surface area contributed by atoms with Gasteiger partial charge in [0.2, 0.25) is 17.7 Å². The van der Waals surface area contributed by atoms with Crippen LogP contribution in [0.2, 0.25) is 0 Å². The molecular formula is C20H30F3N3O3. The first-order valence-electron chi connectivity index (χ1n) is 10.6. The maximum Gasteiger partial charge on any atom is 0.391 e. The molecule has 0 aromatic rings. The van der Waals surface area contributed by atoms with E-state index >= 15 is 0 Å². The molecule has 3 aliphatic rings. The van der Waals surface area contributed by atoms with Crippen LogP contribution in [0.1, 0.15) is 51.4 Å². The van der Waals surface area contributed by atoms with E-state index < -0.39 is 12.1 Å². The van der Waals surface area contributed by atoms with Gasteiger partial charge < -0.3 is 14.7 Å². The van der Waals surface area contributed by atoms with E-state index in [-0.39, 0.29) is 49.6 Å². The molecule has 0 aromatic carbocycles. The van der Waals surface area contributed by atoms with Gasteiger partial charge >= 0.3 is 6.18 Å². The van der Waals surface area contributed by atoms with Crippen molar-refractivity contribution in [3.63, 3.8) is 0 Å². The highest BCUT2D eigenvalue weighted by atomic mass is 19.4. The summed E-state index contributed by atoms with van der Waals surface area (Å²) in [7, 11) is 0. The van der Waals surface area contributed by atoms with Crippen molar-refractivity contribution in [3.05, 3.63) is 0 Å². The molecule has 2 atom stereocenters. The number of rotatable bonds is 4. The fraction of sp³-hybridized carbons (Fsp3) is 0.850.